The summed E-state index contributed by atoms with van der Waals surface area (Å²) in [6.07, 6.45) is 8.66. The molecular formula is C18H29ClN2+2. The number of nitrogens with one attached hydrogen (secondary N) is 2. The van der Waals surface area contributed by atoms with Gasteiger partial charge in [-0.25, -0.2) is 0 Å². The van der Waals surface area contributed by atoms with Crippen molar-refractivity contribution in [3.05, 3.63) is 34.9 Å². The first kappa shape index (κ1) is 15.3. The highest BCUT2D eigenvalue weighted by molar-refractivity contribution is 6.30. The molecule has 0 spiro atoms. The molecule has 1 aromatic carbocycles. The van der Waals surface area contributed by atoms with Crippen molar-refractivity contribution < 1.29 is 9.80 Å². The lowest BCUT2D eigenvalue weighted by Crippen LogP contribution is -3.20. The Kier molecular flexibility index (Phi) is 5.56. The molecule has 2 aliphatic rings. The largest absolute Gasteiger partial charge is 0.332 e. The summed E-state index contributed by atoms with van der Waals surface area (Å²) in [5, 5.41) is 0.845. The standard InChI is InChI=1S/C18H27ClN2/c19-17-7-5-16(6-8-17)15-20-13-9-18(10-14-20)21-11-3-1-2-4-12-21/h5-8,18H,1-4,9-15H2/p+2. The van der Waals surface area contributed by atoms with E-state index in [2.05, 4.69) is 12.1 Å². The van der Waals surface area contributed by atoms with Gasteiger partial charge in [0, 0.05) is 23.4 Å². The van der Waals surface area contributed by atoms with Gasteiger partial charge in [-0.2, -0.15) is 0 Å². The third-order valence-electron chi connectivity index (χ3n) is 5.38. The van der Waals surface area contributed by atoms with Gasteiger partial charge < -0.3 is 9.80 Å². The SMILES string of the molecule is Clc1ccc(C[NH+]2CCC([NH+]3CCCCCC3)CC2)cc1. The molecule has 1 aromatic rings. The van der Waals surface area contributed by atoms with E-state index in [0.29, 0.717) is 0 Å². The van der Waals surface area contributed by atoms with Crippen molar-refractivity contribution in [2.75, 3.05) is 26.2 Å². The Balaban J connectivity index is 1.47. The van der Waals surface area contributed by atoms with E-state index in [1.54, 1.807) is 4.90 Å². The number of hydrogen-bond donors (Lipinski definition) is 2. The van der Waals surface area contributed by atoms with Crippen LogP contribution in [0.15, 0.2) is 24.3 Å². The summed E-state index contributed by atoms with van der Waals surface area (Å²) in [5.41, 5.74) is 1.43. The van der Waals surface area contributed by atoms with Gasteiger partial charge in [0.15, 0.2) is 0 Å². The van der Waals surface area contributed by atoms with Gasteiger partial charge in [-0.3, -0.25) is 0 Å². The maximum absolute atomic E-state index is 5.96. The van der Waals surface area contributed by atoms with Crippen molar-refractivity contribution in [1.82, 2.24) is 0 Å². The maximum Gasteiger partial charge on any atom is 0.103 e. The van der Waals surface area contributed by atoms with Crippen molar-refractivity contribution >= 4 is 11.6 Å². The predicted molar refractivity (Wildman–Crippen MR) is 88.0 cm³/mol. The van der Waals surface area contributed by atoms with Crippen molar-refractivity contribution in [3.63, 3.8) is 0 Å². The van der Waals surface area contributed by atoms with Crippen molar-refractivity contribution in [3.8, 4) is 0 Å². The third-order valence-corrected chi connectivity index (χ3v) is 5.64. The Hall–Kier alpha value is -0.570. The molecule has 2 nitrogen and oxygen atoms in total. The maximum atomic E-state index is 5.96. The summed E-state index contributed by atoms with van der Waals surface area (Å²) in [6.45, 7) is 6.71. The highest BCUT2D eigenvalue weighted by atomic mass is 35.5. The van der Waals surface area contributed by atoms with Gasteiger partial charge in [0.2, 0.25) is 0 Å². The molecule has 0 aliphatic carbocycles. The molecular weight excluding hydrogens is 280 g/mol. The fraction of sp³-hybridized carbons (Fsp3) is 0.667. The van der Waals surface area contributed by atoms with E-state index in [9.17, 15) is 0 Å². The van der Waals surface area contributed by atoms with Gasteiger partial charge in [0.05, 0.1) is 32.2 Å². The molecule has 2 aliphatic heterocycles. The van der Waals surface area contributed by atoms with Crippen LogP contribution < -0.4 is 9.80 Å². The van der Waals surface area contributed by atoms with E-state index in [4.69, 9.17) is 11.6 Å². The molecule has 0 atom stereocenters. The normalized spacial score (nSPS) is 28.2. The first-order valence-corrected chi connectivity index (χ1v) is 9.11. The lowest BCUT2D eigenvalue weighted by molar-refractivity contribution is -0.963. The fourth-order valence-corrected chi connectivity index (χ4v) is 4.22. The Bertz CT molecular complexity index is 415. The minimum atomic E-state index is 0.845. The molecule has 0 saturated carbocycles. The van der Waals surface area contributed by atoms with E-state index in [0.717, 1.165) is 11.1 Å². The molecule has 0 bridgehead atoms. The number of likely N-dealkylation sites (tertiary alicyclic amines) is 2. The highest BCUT2D eigenvalue weighted by Gasteiger charge is 2.30. The van der Waals surface area contributed by atoms with Crippen LogP contribution in [0, 0.1) is 0 Å². The first-order chi connectivity index (χ1) is 10.3. The smallest absolute Gasteiger partial charge is 0.103 e. The zero-order valence-electron chi connectivity index (χ0n) is 13.0. The Morgan fingerprint density at radius 1 is 0.857 bits per heavy atom. The third kappa shape index (κ3) is 4.45. The number of hydrogen-bond acceptors (Lipinski definition) is 0. The summed E-state index contributed by atoms with van der Waals surface area (Å²) in [6, 6.07) is 9.34. The van der Waals surface area contributed by atoms with Crippen LogP contribution in [-0.2, 0) is 6.54 Å². The number of halogens is 1. The number of piperidine rings is 1. The summed E-state index contributed by atoms with van der Waals surface area (Å²) < 4.78 is 0. The molecule has 3 heteroatoms. The Morgan fingerprint density at radius 3 is 2.10 bits per heavy atom. The van der Waals surface area contributed by atoms with Crippen molar-refractivity contribution in [2.45, 2.75) is 51.1 Å². The molecule has 2 heterocycles. The van der Waals surface area contributed by atoms with Gasteiger partial charge in [-0.1, -0.05) is 23.7 Å². The summed E-state index contributed by atoms with van der Waals surface area (Å²) >= 11 is 5.96. The fourth-order valence-electron chi connectivity index (χ4n) is 4.09. The van der Waals surface area contributed by atoms with Crippen LogP contribution in [0.1, 0.15) is 44.1 Å². The van der Waals surface area contributed by atoms with Crippen LogP contribution in [-0.4, -0.2) is 32.2 Å². The van der Waals surface area contributed by atoms with Crippen LogP contribution in [0.25, 0.3) is 0 Å². The van der Waals surface area contributed by atoms with Gasteiger partial charge in [-0.15, -0.1) is 0 Å². The lowest BCUT2D eigenvalue weighted by Gasteiger charge is -2.34. The second-order valence-electron chi connectivity index (χ2n) is 6.90. The average molecular weight is 309 g/mol. The van der Waals surface area contributed by atoms with E-state index in [1.165, 1.54) is 76.8 Å². The molecule has 2 fully saturated rings. The zero-order chi connectivity index (χ0) is 14.5. The number of quaternary nitrogens is 2. The molecule has 2 saturated heterocycles. The molecule has 2 N–H and O–H groups in total. The average Bonchev–Trinajstić information content (AvgIpc) is 2.80. The van der Waals surface area contributed by atoms with Gasteiger partial charge in [-0.05, 0) is 37.8 Å². The van der Waals surface area contributed by atoms with E-state index in [1.807, 2.05) is 17.0 Å². The monoisotopic (exact) mass is 308 g/mol. The minimum Gasteiger partial charge on any atom is -0.332 e. The molecule has 116 valence electrons. The number of rotatable bonds is 3. The predicted octanol–water partition coefficient (Wildman–Crippen LogP) is 1.35. The molecule has 0 amide bonds. The van der Waals surface area contributed by atoms with Gasteiger partial charge in [0.25, 0.3) is 0 Å². The second kappa shape index (κ2) is 7.62. The van der Waals surface area contributed by atoms with Crippen LogP contribution >= 0.6 is 11.6 Å². The highest BCUT2D eigenvalue weighted by Crippen LogP contribution is 2.09. The summed E-state index contributed by atoms with van der Waals surface area (Å²) in [5.74, 6) is 0. The van der Waals surface area contributed by atoms with Crippen LogP contribution in [0.3, 0.4) is 0 Å². The minimum absolute atomic E-state index is 0.845. The quantitative estimate of drug-likeness (QED) is 0.834. The summed E-state index contributed by atoms with van der Waals surface area (Å²) in [4.78, 5) is 3.67. The molecule has 0 radical (unpaired) electrons. The topological polar surface area (TPSA) is 8.88 Å². The zero-order valence-corrected chi connectivity index (χ0v) is 13.8. The van der Waals surface area contributed by atoms with Crippen LogP contribution in [0.5, 0.6) is 0 Å². The van der Waals surface area contributed by atoms with E-state index < -0.39 is 0 Å². The molecule has 21 heavy (non-hydrogen) atoms. The molecule has 3 rings (SSSR count). The Morgan fingerprint density at radius 2 is 1.48 bits per heavy atom. The van der Waals surface area contributed by atoms with E-state index in [-0.39, 0.29) is 0 Å². The summed E-state index contributed by atoms with van der Waals surface area (Å²) in [7, 11) is 0. The lowest BCUT2D eigenvalue weighted by atomic mass is 10.0. The van der Waals surface area contributed by atoms with Gasteiger partial charge >= 0.3 is 0 Å². The second-order valence-corrected chi connectivity index (χ2v) is 7.34. The first-order valence-electron chi connectivity index (χ1n) is 8.74. The van der Waals surface area contributed by atoms with Crippen molar-refractivity contribution in [1.29, 1.82) is 0 Å². The Labute approximate surface area is 134 Å². The molecule has 0 aromatic heterocycles. The van der Waals surface area contributed by atoms with E-state index >= 15 is 0 Å². The molecule has 0 unspecified atom stereocenters. The van der Waals surface area contributed by atoms with Gasteiger partial charge in [0.1, 0.15) is 6.54 Å². The van der Waals surface area contributed by atoms with Crippen LogP contribution in [0.2, 0.25) is 5.02 Å². The number of benzene rings is 1. The van der Waals surface area contributed by atoms with Crippen molar-refractivity contribution in [2.24, 2.45) is 0 Å². The van der Waals surface area contributed by atoms with Crippen LogP contribution in [0.4, 0.5) is 0 Å².